The molecule has 0 heterocycles. The SMILES string of the molecule is [2H]c1c([2H])c(CCC2CCC(C3CCC(CCCCC)CC3)CC2)c([2H])c([2H])c1F. The Balaban J connectivity index is 1.43. The lowest BCUT2D eigenvalue weighted by molar-refractivity contribution is 0.140. The van der Waals surface area contributed by atoms with Crippen molar-refractivity contribution in [2.75, 3.05) is 0 Å². The monoisotopic (exact) mass is 362 g/mol. The van der Waals surface area contributed by atoms with Crippen LogP contribution in [0.5, 0.6) is 0 Å². The van der Waals surface area contributed by atoms with Crippen molar-refractivity contribution in [1.29, 1.82) is 0 Å². The quantitative estimate of drug-likeness (QED) is 0.411. The number of unbranched alkanes of at least 4 members (excludes halogenated alkanes) is 2. The normalized spacial score (nSPS) is 31.8. The average molecular weight is 363 g/mol. The third kappa shape index (κ3) is 6.10. The predicted octanol–water partition coefficient (Wildman–Crippen LogP) is 7.95. The van der Waals surface area contributed by atoms with E-state index in [0.717, 1.165) is 24.2 Å². The first kappa shape index (κ1) is 15.1. The molecule has 3 rings (SSSR count). The summed E-state index contributed by atoms with van der Waals surface area (Å²) in [5.41, 5.74) is 0.384. The van der Waals surface area contributed by atoms with E-state index in [2.05, 4.69) is 6.92 Å². The van der Waals surface area contributed by atoms with Gasteiger partial charge in [-0.25, -0.2) is 4.39 Å². The molecule has 1 heteroatoms. The maximum absolute atomic E-state index is 13.7. The summed E-state index contributed by atoms with van der Waals surface area (Å²) >= 11 is 0. The second-order valence-electron chi connectivity index (χ2n) is 8.89. The van der Waals surface area contributed by atoms with Crippen molar-refractivity contribution >= 4 is 0 Å². The van der Waals surface area contributed by atoms with E-state index in [0.29, 0.717) is 17.9 Å². The molecule has 0 aliphatic heterocycles. The van der Waals surface area contributed by atoms with Gasteiger partial charge in [0.15, 0.2) is 0 Å². The maximum atomic E-state index is 13.7. The molecule has 0 saturated heterocycles. The van der Waals surface area contributed by atoms with Gasteiger partial charge in [-0.1, -0.05) is 70.4 Å². The Bertz CT molecular complexity index is 660. The molecule has 2 aliphatic rings. The number of halogens is 1. The maximum Gasteiger partial charge on any atom is 0.123 e. The van der Waals surface area contributed by atoms with E-state index in [4.69, 9.17) is 5.48 Å². The Morgan fingerprint density at radius 1 is 0.808 bits per heavy atom. The van der Waals surface area contributed by atoms with E-state index < -0.39 is 17.9 Å². The van der Waals surface area contributed by atoms with E-state index >= 15 is 0 Å². The van der Waals surface area contributed by atoms with Crippen molar-refractivity contribution in [2.45, 2.75) is 96.8 Å². The van der Waals surface area contributed by atoms with Crippen molar-refractivity contribution in [1.82, 2.24) is 0 Å². The summed E-state index contributed by atoms with van der Waals surface area (Å²) in [6.45, 7) is 2.28. The number of rotatable bonds is 8. The fourth-order valence-electron chi connectivity index (χ4n) is 5.38. The Kier molecular flexibility index (Phi) is 6.09. The number of hydrogen-bond acceptors (Lipinski definition) is 0. The van der Waals surface area contributed by atoms with Crippen molar-refractivity contribution in [2.24, 2.45) is 23.7 Å². The Hall–Kier alpha value is -0.850. The fourth-order valence-corrected chi connectivity index (χ4v) is 5.38. The molecule has 0 amide bonds. The molecule has 0 atom stereocenters. The van der Waals surface area contributed by atoms with E-state index in [1.54, 1.807) is 0 Å². The van der Waals surface area contributed by atoms with Gasteiger partial charge in [-0.2, -0.15) is 0 Å². The fraction of sp³-hybridized carbons (Fsp3) is 0.760. The third-order valence-corrected chi connectivity index (χ3v) is 7.11. The van der Waals surface area contributed by atoms with Crippen molar-refractivity contribution in [3.05, 3.63) is 35.6 Å². The van der Waals surface area contributed by atoms with E-state index in [-0.39, 0.29) is 12.1 Å². The zero-order valence-electron chi connectivity index (χ0n) is 20.6. The Morgan fingerprint density at radius 2 is 1.35 bits per heavy atom. The molecular weight excluding hydrogens is 319 g/mol. The van der Waals surface area contributed by atoms with Crippen molar-refractivity contribution in [3.63, 3.8) is 0 Å². The summed E-state index contributed by atoms with van der Waals surface area (Å²) in [6.07, 6.45) is 17.7. The summed E-state index contributed by atoms with van der Waals surface area (Å²) in [4.78, 5) is 0. The highest BCUT2D eigenvalue weighted by atomic mass is 19.1. The van der Waals surface area contributed by atoms with Crippen LogP contribution in [-0.2, 0) is 6.42 Å². The van der Waals surface area contributed by atoms with Crippen LogP contribution in [0.25, 0.3) is 0 Å². The van der Waals surface area contributed by atoms with Gasteiger partial charge in [0.1, 0.15) is 5.82 Å². The molecule has 2 fully saturated rings. The first-order valence-corrected chi connectivity index (χ1v) is 11.2. The molecule has 0 aromatic heterocycles. The molecule has 1 aromatic carbocycles. The second kappa shape index (κ2) is 10.5. The largest absolute Gasteiger partial charge is 0.207 e. The minimum Gasteiger partial charge on any atom is -0.207 e. The van der Waals surface area contributed by atoms with Gasteiger partial charge in [0.05, 0.1) is 5.48 Å². The molecule has 2 aliphatic carbocycles. The van der Waals surface area contributed by atoms with Gasteiger partial charge in [-0.3, -0.25) is 0 Å². The molecule has 146 valence electrons. The molecule has 0 nitrogen and oxygen atoms in total. The summed E-state index contributed by atoms with van der Waals surface area (Å²) in [7, 11) is 0. The first-order chi connectivity index (χ1) is 14.4. The van der Waals surface area contributed by atoms with E-state index in [9.17, 15) is 4.39 Å². The zero-order chi connectivity index (χ0) is 21.7. The summed E-state index contributed by atoms with van der Waals surface area (Å²) in [5, 5.41) is 0. The zero-order valence-corrected chi connectivity index (χ0v) is 16.6. The van der Waals surface area contributed by atoms with Gasteiger partial charge in [0.25, 0.3) is 0 Å². The predicted molar refractivity (Wildman–Crippen MR) is 110 cm³/mol. The molecule has 2 saturated carbocycles. The van der Waals surface area contributed by atoms with Crippen LogP contribution in [0, 0.1) is 29.5 Å². The van der Waals surface area contributed by atoms with Gasteiger partial charge >= 0.3 is 0 Å². The van der Waals surface area contributed by atoms with Gasteiger partial charge < -0.3 is 0 Å². The van der Waals surface area contributed by atoms with Gasteiger partial charge in [0, 0.05) is 0 Å². The van der Waals surface area contributed by atoms with Gasteiger partial charge in [-0.15, -0.1) is 0 Å². The smallest absolute Gasteiger partial charge is 0.123 e. The van der Waals surface area contributed by atoms with Gasteiger partial charge in [0.2, 0.25) is 0 Å². The lowest BCUT2D eigenvalue weighted by atomic mass is 9.68. The van der Waals surface area contributed by atoms with Crippen LogP contribution >= 0.6 is 0 Å². The average Bonchev–Trinajstić information content (AvgIpc) is 2.77. The second-order valence-corrected chi connectivity index (χ2v) is 8.89. The van der Waals surface area contributed by atoms with Crippen molar-refractivity contribution in [3.8, 4) is 0 Å². The van der Waals surface area contributed by atoms with Crippen LogP contribution in [-0.4, -0.2) is 0 Å². The number of benzene rings is 1. The van der Waals surface area contributed by atoms with Crippen LogP contribution in [0.2, 0.25) is 0 Å². The minimum absolute atomic E-state index is 0.196. The molecule has 1 aromatic rings. The van der Waals surface area contributed by atoms with Crippen LogP contribution in [0.4, 0.5) is 4.39 Å². The molecule has 0 bridgehead atoms. The van der Waals surface area contributed by atoms with E-state index in [1.165, 1.54) is 77.0 Å². The van der Waals surface area contributed by atoms with Crippen molar-refractivity contribution < 1.29 is 9.87 Å². The summed E-state index contributed by atoms with van der Waals surface area (Å²) < 4.78 is 45.1. The van der Waals surface area contributed by atoms with E-state index in [1.807, 2.05) is 0 Å². The van der Waals surface area contributed by atoms with Crippen LogP contribution in [0.3, 0.4) is 0 Å². The van der Waals surface area contributed by atoms with Crippen LogP contribution in [0.1, 0.15) is 101 Å². The first-order valence-electron chi connectivity index (χ1n) is 13.2. The molecule has 0 radical (unpaired) electrons. The molecule has 0 spiro atoms. The summed E-state index contributed by atoms with van der Waals surface area (Å²) in [6, 6.07) is -1.45. The topological polar surface area (TPSA) is 0 Å². The molecule has 26 heavy (non-hydrogen) atoms. The number of hydrogen-bond donors (Lipinski definition) is 0. The summed E-state index contributed by atoms with van der Waals surface area (Å²) in [5.74, 6) is 2.33. The standard InChI is InChI=1S/C25H39F/c1-2-3-4-5-20-8-14-23(15-9-20)24-16-10-21(11-17-24)6-7-22-12-18-25(26)19-13-22/h12-13,18-21,23-24H,2-11,14-17H2,1H3/i12D,13D,18D,19D. The highest BCUT2D eigenvalue weighted by Crippen LogP contribution is 2.43. The van der Waals surface area contributed by atoms with Crippen LogP contribution < -0.4 is 0 Å². The lowest BCUT2D eigenvalue weighted by Crippen LogP contribution is -2.26. The highest BCUT2D eigenvalue weighted by molar-refractivity contribution is 5.16. The third-order valence-electron chi connectivity index (χ3n) is 7.11. The minimum atomic E-state index is -1.03. The Labute approximate surface area is 166 Å². The Morgan fingerprint density at radius 3 is 1.88 bits per heavy atom. The van der Waals surface area contributed by atoms with Crippen LogP contribution in [0.15, 0.2) is 24.2 Å². The lowest BCUT2D eigenvalue weighted by Gasteiger charge is -2.38. The highest BCUT2D eigenvalue weighted by Gasteiger charge is 2.30. The van der Waals surface area contributed by atoms with Gasteiger partial charge in [-0.05, 0) is 79.8 Å². The molecule has 0 N–H and O–H groups in total. The molecule has 0 unspecified atom stereocenters. The molecular formula is C25H39F.